The summed E-state index contributed by atoms with van der Waals surface area (Å²) in [6, 6.07) is 5.63. The van der Waals surface area contributed by atoms with E-state index in [0.717, 1.165) is 16.7 Å². The molecule has 1 aromatic rings. The van der Waals surface area contributed by atoms with Crippen LogP contribution in [0, 0.1) is 13.8 Å². The molecule has 0 aliphatic heterocycles. The van der Waals surface area contributed by atoms with Gasteiger partial charge in [-0.05, 0) is 30.5 Å². The molecule has 0 aliphatic rings. The third kappa shape index (κ3) is 3.59. The second-order valence-electron chi connectivity index (χ2n) is 4.20. The molecule has 0 spiro atoms. The Morgan fingerprint density at radius 3 is 1.82 bits per heavy atom. The molecule has 0 atom stereocenters. The van der Waals surface area contributed by atoms with Crippen molar-refractivity contribution in [3.63, 3.8) is 0 Å². The van der Waals surface area contributed by atoms with Crippen molar-refractivity contribution in [3.8, 4) is 0 Å². The Labute approximate surface area is 99.9 Å². The molecule has 0 fully saturated rings. The third-order valence-corrected chi connectivity index (χ3v) is 2.79. The van der Waals surface area contributed by atoms with Crippen LogP contribution in [0.2, 0.25) is 0 Å². The van der Waals surface area contributed by atoms with Gasteiger partial charge in [-0.3, -0.25) is 9.59 Å². The average molecular weight is 236 g/mol. The van der Waals surface area contributed by atoms with Crippen LogP contribution >= 0.6 is 0 Å². The summed E-state index contributed by atoms with van der Waals surface area (Å²) in [4.78, 5) is 21.6. The highest BCUT2D eigenvalue weighted by Crippen LogP contribution is 2.29. The molecular formula is C13H16O4. The summed E-state index contributed by atoms with van der Waals surface area (Å²) in [6.07, 6.45) is -0.310. The number of rotatable bonds is 5. The molecule has 0 saturated carbocycles. The van der Waals surface area contributed by atoms with Gasteiger partial charge in [-0.2, -0.15) is 0 Å². The van der Waals surface area contributed by atoms with Gasteiger partial charge in [0.2, 0.25) is 0 Å². The van der Waals surface area contributed by atoms with E-state index in [1.54, 1.807) is 0 Å². The van der Waals surface area contributed by atoms with Crippen LogP contribution < -0.4 is 0 Å². The summed E-state index contributed by atoms with van der Waals surface area (Å²) in [6.45, 7) is 3.75. The highest BCUT2D eigenvalue weighted by molar-refractivity contribution is 5.72. The summed E-state index contributed by atoms with van der Waals surface area (Å²) in [5.74, 6) is -2.41. The Kier molecular flexibility index (Phi) is 4.26. The van der Waals surface area contributed by atoms with Gasteiger partial charge in [-0.1, -0.05) is 18.2 Å². The highest BCUT2D eigenvalue weighted by atomic mass is 16.4. The number of carboxylic acids is 2. The van der Waals surface area contributed by atoms with Gasteiger partial charge in [0.05, 0.1) is 12.8 Å². The van der Waals surface area contributed by atoms with Gasteiger partial charge in [0, 0.05) is 5.92 Å². The largest absolute Gasteiger partial charge is 0.481 e. The van der Waals surface area contributed by atoms with Crippen LogP contribution in [0.5, 0.6) is 0 Å². The molecule has 0 aromatic heterocycles. The van der Waals surface area contributed by atoms with Crippen molar-refractivity contribution < 1.29 is 19.8 Å². The lowest BCUT2D eigenvalue weighted by Crippen LogP contribution is -2.13. The van der Waals surface area contributed by atoms with Gasteiger partial charge in [-0.25, -0.2) is 0 Å². The van der Waals surface area contributed by atoms with Crippen molar-refractivity contribution in [2.75, 3.05) is 0 Å². The van der Waals surface area contributed by atoms with E-state index in [4.69, 9.17) is 10.2 Å². The Morgan fingerprint density at radius 1 is 1.06 bits per heavy atom. The summed E-state index contributed by atoms with van der Waals surface area (Å²) >= 11 is 0. The first kappa shape index (κ1) is 13.2. The lowest BCUT2D eigenvalue weighted by molar-refractivity contribution is -0.139. The molecule has 0 aliphatic carbocycles. The first-order valence-corrected chi connectivity index (χ1v) is 5.41. The maximum Gasteiger partial charge on any atom is 0.303 e. The minimum absolute atomic E-state index is 0.155. The van der Waals surface area contributed by atoms with Crippen LogP contribution in [-0.4, -0.2) is 22.2 Å². The number of hydrogen-bond acceptors (Lipinski definition) is 2. The molecule has 0 radical (unpaired) electrons. The molecule has 17 heavy (non-hydrogen) atoms. The van der Waals surface area contributed by atoms with Gasteiger partial charge in [0.15, 0.2) is 0 Å². The van der Waals surface area contributed by atoms with Gasteiger partial charge in [0.1, 0.15) is 0 Å². The maximum absolute atomic E-state index is 10.8. The van der Waals surface area contributed by atoms with Crippen molar-refractivity contribution in [2.24, 2.45) is 0 Å². The van der Waals surface area contributed by atoms with Crippen molar-refractivity contribution in [1.29, 1.82) is 0 Å². The predicted molar refractivity (Wildman–Crippen MR) is 63.2 cm³/mol. The summed E-state index contributed by atoms with van der Waals surface area (Å²) in [5.41, 5.74) is 2.73. The van der Waals surface area contributed by atoms with Crippen LogP contribution in [0.4, 0.5) is 0 Å². The molecule has 0 heterocycles. The number of aryl methyl sites for hydroxylation is 2. The predicted octanol–water partition coefficient (Wildman–Crippen LogP) is 2.34. The van der Waals surface area contributed by atoms with Crippen LogP contribution in [0.25, 0.3) is 0 Å². The molecule has 0 unspecified atom stereocenters. The first-order valence-electron chi connectivity index (χ1n) is 5.41. The average Bonchev–Trinajstić information content (AvgIpc) is 2.14. The SMILES string of the molecule is Cc1cccc(C)c1C(CC(=O)O)CC(=O)O. The van der Waals surface area contributed by atoms with E-state index in [2.05, 4.69) is 0 Å². The van der Waals surface area contributed by atoms with Crippen LogP contribution in [0.3, 0.4) is 0 Å². The van der Waals surface area contributed by atoms with Crippen molar-refractivity contribution >= 4 is 11.9 Å². The molecule has 2 N–H and O–H groups in total. The number of hydrogen-bond donors (Lipinski definition) is 2. The van der Waals surface area contributed by atoms with E-state index in [9.17, 15) is 9.59 Å². The molecule has 1 aromatic carbocycles. The van der Waals surface area contributed by atoms with E-state index in [1.165, 1.54) is 0 Å². The van der Waals surface area contributed by atoms with E-state index >= 15 is 0 Å². The zero-order chi connectivity index (χ0) is 13.0. The Bertz CT molecular complexity index is 401. The molecule has 4 nitrogen and oxygen atoms in total. The maximum atomic E-state index is 10.8. The monoisotopic (exact) mass is 236 g/mol. The van der Waals surface area contributed by atoms with Gasteiger partial charge >= 0.3 is 11.9 Å². The van der Waals surface area contributed by atoms with Gasteiger partial charge < -0.3 is 10.2 Å². The minimum atomic E-state index is -0.973. The van der Waals surface area contributed by atoms with E-state index in [1.807, 2.05) is 32.0 Å². The van der Waals surface area contributed by atoms with Crippen LogP contribution in [0.1, 0.15) is 35.4 Å². The zero-order valence-corrected chi connectivity index (χ0v) is 9.93. The molecule has 0 amide bonds. The molecular weight excluding hydrogens is 220 g/mol. The molecule has 4 heteroatoms. The van der Waals surface area contributed by atoms with E-state index in [0.29, 0.717) is 0 Å². The number of benzene rings is 1. The van der Waals surface area contributed by atoms with Crippen LogP contribution in [0.15, 0.2) is 18.2 Å². The Balaban J connectivity index is 3.11. The first-order chi connectivity index (χ1) is 7.91. The quantitative estimate of drug-likeness (QED) is 0.822. The molecule has 1 rings (SSSR count). The normalized spacial score (nSPS) is 10.5. The minimum Gasteiger partial charge on any atom is -0.481 e. The Hall–Kier alpha value is -1.84. The number of carbonyl (C=O) groups is 2. The topological polar surface area (TPSA) is 74.6 Å². The van der Waals surface area contributed by atoms with E-state index < -0.39 is 17.9 Å². The molecule has 0 saturated heterocycles. The summed E-state index contributed by atoms with van der Waals surface area (Å²) < 4.78 is 0. The van der Waals surface area contributed by atoms with Crippen molar-refractivity contribution in [3.05, 3.63) is 34.9 Å². The second kappa shape index (κ2) is 5.48. The highest BCUT2D eigenvalue weighted by Gasteiger charge is 2.21. The van der Waals surface area contributed by atoms with E-state index in [-0.39, 0.29) is 12.8 Å². The molecule has 92 valence electrons. The standard InChI is InChI=1S/C13H16O4/c1-8-4-3-5-9(2)13(8)10(6-11(14)15)7-12(16)17/h3-5,10H,6-7H2,1-2H3,(H,14,15)(H,16,17). The Morgan fingerprint density at radius 2 is 1.47 bits per heavy atom. The lowest BCUT2D eigenvalue weighted by atomic mass is 9.86. The smallest absolute Gasteiger partial charge is 0.303 e. The third-order valence-electron chi connectivity index (χ3n) is 2.79. The van der Waals surface area contributed by atoms with Gasteiger partial charge in [-0.15, -0.1) is 0 Å². The lowest BCUT2D eigenvalue weighted by Gasteiger charge is -2.18. The van der Waals surface area contributed by atoms with Crippen molar-refractivity contribution in [2.45, 2.75) is 32.6 Å². The van der Waals surface area contributed by atoms with Crippen LogP contribution in [-0.2, 0) is 9.59 Å². The fourth-order valence-electron chi connectivity index (χ4n) is 2.17. The van der Waals surface area contributed by atoms with Gasteiger partial charge in [0.25, 0.3) is 0 Å². The number of aliphatic carboxylic acids is 2. The second-order valence-corrected chi connectivity index (χ2v) is 4.20. The fourth-order valence-corrected chi connectivity index (χ4v) is 2.17. The molecule has 0 bridgehead atoms. The summed E-state index contributed by atoms with van der Waals surface area (Å²) in [7, 11) is 0. The number of carboxylic acid groups (broad SMARTS) is 2. The van der Waals surface area contributed by atoms with Crippen molar-refractivity contribution in [1.82, 2.24) is 0 Å². The summed E-state index contributed by atoms with van der Waals surface area (Å²) in [5, 5.41) is 17.7. The fraction of sp³-hybridized carbons (Fsp3) is 0.385. The zero-order valence-electron chi connectivity index (χ0n) is 9.93.